The molecular formula is C11H13ClFN3. The van der Waals surface area contributed by atoms with E-state index in [2.05, 4.69) is 15.3 Å². The molecule has 2 heterocycles. The summed E-state index contributed by atoms with van der Waals surface area (Å²) in [6.45, 7) is 1.04. The molecule has 1 saturated heterocycles. The van der Waals surface area contributed by atoms with Gasteiger partial charge in [0.05, 0.1) is 17.1 Å². The molecule has 0 saturated carbocycles. The first-order valence-electron chi connectivity index (χ1n) is 5.21. The first kappa shape index (κ1) is 11.4. The van der Waals surface area contributed by atoms with Gasteiger partial charge in [-0.05, 0) is 37.6 Å². The summed E-state index contributed by atoms with van der Waals surface area (Å²) >= 11 is 0. The van der Waals surface area contributed by atoms with Gasteiger partial charge in [0.15, 0.2) is 0 Å². The molecule has 1 aliphatic rings. The fourth-order valence-corrected chi connectivity index (χ4v) is 2.08. The van der Waals surface area contributed by atoms with Crippen molar-refractivity contribution in [1.82, 2.24) is 15.3 Å². The van der Waals surface area contributed by atoms with Crippen molar-refractivity contribution in [2.24, 2.45) is 0 Å². The Labute approximate surface area is 98.9 Å². The predicted octanol–water partition coefficient (Wildman–Crippen LogP) is 2.55. The molecule has 0 radical (unpaired) electrons. The molecule has 5 heteroatoms. The molecule has 1 atom stereocenters. The summed E-state index contributed by atoms with van der Waals surface area (Å²) in [5.41, 5.74) is 1.61. The summed E-state index contributed by atoms with van der Waals surface area (Å²) in [4.78, 5) is 7.62. The van der Waals surface area contributed by atoms with E-state index in [1.807, 2.05) is 0 Å². The monoisotopic (exact) mass is 241 g/mol. The van der Waals surface area contributed by atoms with Crippen molar-refractivity contribution in [3.63, 3.8) is 0 Å². The molecule has 16 heavy (non-hydrogen) atoms. The van der Waals surface area contributed by atoms with Crippen molar-refractivity contribution in [2.45, 2.75) is 18.9 Å². The van der Waals surface area contributed by atoms with E-state index in [0.29, 0.717) is 6.04 Å². The van der Waals surface area contributed by atoms with Crippen molar-refractivity contribution in [3.8, 4) is 0 Å². The van der Waals surface area contributed by atoms with E-state index >= 15 is 0 Å². The SMILES string of the molecule is Cl.Fc1ccc2nc([C@@H]3CCCN3)[nH]c2c1. The lowest BCUT2D eigenvalue weighted by Gasteiger charge is -2.04. The fraction of sp³-hybridized carbons (Fsp3) is 0.364. The minimum absolute atomic E-state index is 0. The quantitative estimate of drug-likeness (QED) is 0.806. The van der Waals surface area contributed by atoms with Crippen LogP contribution in [0.4, 0.5) is 4.39 Å². The summed E-state index contributed by atoms with van der Waals surface area (Å²) in [6.07, 6.45) is 2.28. The van der Waals surface area contributed by atoms with E-state index < -0.39 is 0 Å². The molecule has 1 aromatic carbocycles. The van der Waals surface area contributed by atoms with Gasteiger partial charge >= 0.3 is 0 Å². The molecular weight excluding hydrogens is 229 g/mol. The summed E-state index contributed by atoms with van der Waals surface area (Å²) in [5, 5.41) is 3.36. The zero-order valence-corrected chi connectivity index (χ0v) is 9.48. The maximum Gasteiger partial charge on any atom is 0.125 e. The topological polar surface area (TPSA) is 40.7 Å². The largest absolute Gasteiger partial charge is 0.341 e. The van der Waals surface area contributed by atoms with Crippen LogP contribution in [0.3, 0.4) is 0 Å². The Kier molecular flexibility index (Phi) is 3.12. The van der Waals surface area contributed by atoms with Gasteiger partial charge in [-0.2, -0.15) is 0 Å². The molecule has 0 unspecified atom stereocenters. The Bertz CT molecular complexity index is 491. The van der Waals surface area contributed by atoms with Crippen LogP contribution in [0, 0.1) is 5.82 Å². The summed E-state index contributed by atoms with van der Waals surface area (Å²) in [6, 6.07) is 4.94. The third-order valence-electron chi connectivity index (χ3n) is 2.85. The van der Waals surface area contributed by atoms with Gasteiger partial charge in [0.1, 0.15) is 11.6 Å². The van der Waals surface area contributed by atoms with Crippen LogP contribution in [-0.4, -0.2) is 16.5 Å². The van der Waals surface area contributed by atoms with Crippen LogP contribution in [0.5, 0.6) is 0 Å². The van der Waals surface area contributed by atoms with Crippen LogP contribution in [0.15, 0.2) is 18.2 Å². The molecule has 1 aromatic heterocycles. The number of fused-ring (bicyclic) bond motifs is 1. The number of halogens is 2. The van der Waals surface area contributed by atoms with Gasteiger partial charge in [0.25, 0.3) is 0 Å². The number of benzene rings is 1. The number of nitrogens with one attached hydrogen (secondary N) is 2. The first-order chi connectivity index (χ1) is 7.33. The summed E-state index contributed by atoms with van der Waals surface area (Å²) in [7, 11) is 0. The lowest BCUT2D eigenvalue weighted by molar-refractivity contribution is 0.614. The highest BCUT2D eigenvalue weighted by molar-refractivity contribution is 5.85. The summed E-state index contributed by atoms with van der Waals surface area (Å²) in [5.74, 6) is 0.699. The molecule has 3 rings (SSSR count). The number of H-pyrrole nitrogens is 1. The first-order valence-corrected chi connectivity index (χ1v) is 5.21. The van der Waals surface area contributed by atoms with Gasteiger partial charge in [0.2, 0.25) is 0 Å². The average molecular weight is 242 g/mol. The number of hydrogen-bond donors (Lipinski definition) is 2. The Balaban J connectivity index is 0.000000963. The van der Waals surface area contributed by atoms with Crippen LogP contribution in [-0.2, 0) is 0 Å². The third kappa shape index (κ3) is 1.90. The highest BCUT2D eigenvalue weighted by Gasteiger charge is 2.19. The van der Waals surface area contributed by atoms with Gasteiger partial charge in [-0.3, -0.25) is 0 Å². The third-order valence-corrected chi connectivity index (χ3v) is 2.85. The van der Waals surface area contributed by atoms with Gasteiger partial charge < -0.3 is 10.3 Å². The van der Waals surface area contributed by atoms with E-state index in [0.717, 1.165) is 29.8 Å². The van der Waals surface area contributed by atoms with Crippen LogP contribution >= 0.6 is 12.4 Å². The lowest BCUT2D eigenvalue weighted by Crippen LogP contribution is -2.13. The fourth-order valence-electron chi connectivity index (χ4n) is 2.08. The van der Waals surface area contributed by atoms with Crippen LogP contribution in [0.1, 0.15) is 24.7 Å². The second-order valence-corrected chi connectivity index (χ2v) is 3.93. The van der Waals surface area contributed by atoms with Crippen molar-refractivity contribution < 1.29 is 4.39 Å². The van der Waals surface area contributed by atoms with Crippen molar-refractivity contribution >= 4 is 23.4 Å². The number of aromatic amines is 1. The lowest BCUT2D eigenvalue weighted by atomic mass is 10.2. The maximum atomic E-state index is 13.0. The van der Waals surface area contributed by atoms with Crippen LogP contribution in [0.25, 0.3) is 11.0 Å². The second-order valence-electron chi connectivity index (χ2n) is 3.93. The van der Waals surface area contributed by atoms with E-state index in [-0.39, 0.29) is 18.2 Å². The normalized spacial score (nSPS) is 19.9. The highest BCUT2D eigenvalue weighted by Crippen LogP contribution is 2.23. The summed E-state index contributed by atoms with van der Waals surface area (Å²) < 4.78 is 13.0. The number of aromatic nitrogens is 2. The highest BCUT2D eigenvalue weighted by atomic mass is 35.5. The predicted molar refractivity (Wildman–Crippen MR) is 63.3 cm³/mol. The van der Waals surface area contributed by atoms with Crippen molar-refractivity contribution in [3.05, 3.63) is 29.8 Å². The number of imidazole rings is 1. The zero-order valence-electron chi connectivity index (χ0n) is 8.66. The van der Waals surface area contributed by atoms with Crippen molar-refractivity contribution in [1.29, 1.82) is 0 Å². The molecule has 0 aliphatic carbocycles. The van der Waals surface area contributed by atoms with Gasteiger partial charge in [-0.15, -0.1) is 12.4 Å². The van der Waals surface area contributed by atoms with E-state index in [1.165, 1.54) is 18.6 Å². The molecule has 1 fully saturated rings. The van der Waals surface area contributed by atoms with Crippen LogP contribution < -0.4 is 5.32 Å². The van der Waals surface area contributed by atoms with Crippen LogP contribution in [0.2, 0.25) is 0 Å². The standard InChI is InChI=1S/C11H12FN3.ClH/c12-7-3-4-8-10(6-7)15-11(14-8)9-2-1-5-13-9;/h3-4,6,9,13H,1-2,5H2,(H,14,15);1H/t9-;/m0./s1. The second kappa shape index (κ2) is 4.39. The number of nitrogens with zero attached hydrogens (tertiary/aromatic N) is 1. The average Bonchev–Trinajstić information content (AvgIpc) is 2.84. The molecule has 0 bridgehead atoms. The van der Waals surface area contributed by atoms with Gasteiger partial charge in [-0.1, -0.05) is 0 Å². The molecule has 2 N–H and O–H groups in total. The molecule has 2 aromatic rings. The Morgan fingerprint density at radius 2 is 2.25 bits per heavy atom. The smallest absolute Gasteiger partial charge is 0.125 e. The van der Waals surface area contributed by atoms with E-state index in [1.54, 1.807) is 6.07 Å². The van der Waals surface area contributed by atoms with Crippen molar-refractivity contribution in [2.75, 3.05) is 6.54 Å². The Hall–Kier alpha value is -1.13. The maximum absolute atomic E-state index is 13.0. The van der Waals surface area contributed by atoms with Gasteiger partial charge in [-0.25, -0.2) is 9.37 Å². The minimum Gasteiger partial charge on any atom is -0.341 e. The zero-order chi connectivity index (χ0) is 10.3. The molecule has 1 aliphatic heterocycles. The molecule has 86 valence electrons. The Morgan fingerprint density at radius 3 is 3.00 bits per heavy atom. The van der Waals surface area contributed by atoms with Gasteiger partial charge in [0, 0.05) is 0 Å². The number of rotatable bonds is 1. The Morgan fingerprint density at radius 1 is 1.38 bits per heavy atom. The molecule has 3 nitrogen and oxygen atoms in total. The minimum atomic E-state index is -0.225. The van der Waals surface area contributed by atoms with E-state index in [9.17, 15) is 4.39 Å². The van der Waals surface area contributed by atoms with E-state index in [4.69, 9.17) is 0 Å². The molecule has 0 spiro atoms. The number of hydrogen-bond acceptors (Lipinski definition) is 2. The molecule has 0 amide bonds.